The molecule has 11 nitrogen and oxygen atoms in total. The van der Waals surface area contributed by atoms with Crippen molar-refractivity contribution in [2.24, 2.45) is 4.99 Å². The molecule has 0 spiro atoms. The van der Waals surface area contributed by atoms with Crippen molar-refractivity contribution in [3.8, 4) is 5.00 Å². The van der Waals surface area contributed by atoms with Crippen molar-refractivity contribution < 1.29 is 9.59 Å². The number of likely N-dealkylation sites (tertiary alicyclic amines) is 1. The average Bonchev–Trinajstić information content (AvgIpc) is 3.73. The van der Waals surface area contributed by atoms with Gasteiger partial charge >= 0.3 is 0 Å². The Balaban J connectivity index is 0.985. The van der Waals surface area contributed by atoms with Crippen LogP contribution in [0.4, 0.5) is 0 Å². The number of aromatic amines is 1. The van der Waals surface area contributed by atoms with Gasteiger partial charge in [-0.2, -0.15) is 0 Å². The number of hydrogen-bond acceptors (Lipinski definition) is 8. The van der Waals surface area contributed by atoms with Gasteiger partial charge in [0.1, 0.15) is 22.6 Å². The highest BCUT2D eigenvalue weighted by atomic mass is 35.5. The second-order valence-electron chi connectivity index (χ2n) is 12.2. The third-order valence-electron chi connectivity index (χ3n) is 9.07. The molecule has 0 saturated carbocycles. The third-order valence-corrected chi connectivity index (χ3v) is 10.5. The van der Waals surface area contributed by atoms with E-state index in [1.807, 2.05) is 43.3 Å². The van der Waals surface area contributed by atoms with Gasteiger partial charge in [-0.25, -0.2) is 0 Å². The highest BCUT2D eigenvalue weighted by Crippen LogP contribution is 2.39. The number of aryl methyl sites for hydroxylation is 2. The molecule has 0 radical (unpaired) electrons. The summed E-state index contributed by atoms with van der Waals surface area (Å²) in [6, 6.07) is 10.9. The van der Waals surface area contributed by atoms with E-state index in [9.17, 15) is 9.59 Å². The lowest BCUT2D eigenvalue weighted by Crippen LogP contribution is -2.46. The average molecular weight is 670 g/mol. The number of nitrogens with zero attached hydrogens (tertiary/aromatic N) is 6. The van der Waals surface area contributed by atoms with Gasteiger partial charge in [0.25, 0.3) is 5.91 Å². The molecule has 0 unspecified atom stereocenters. The number of H-pyrrole nitrogens is 1. The number of nitrogens with one attached hydrogen (secondary N) is 3. The number of benzene rings is 1. The number of fused-ring (bicyclic) bond motifs is 4. The molecule has 2 aliphatic heterocycles. The molecule has 1 fully saturated rings. The fourth-order valence-electron chi connectivity index (χ4n) is 6.41. The van der Waals surface area contributed by atoms with Crippen LogP contribution >= 0.6 is 22.9 Å². The second kappa shape index (κ2) is 13.0. The van der Waals surface area contributed by atoms with Crippen molar-refractivity contribution in [3.63, 3.8) is 0 Å². The molecule has 242 valence electrons. The predicted octanol–water partition coefficient (Wildman–Crippen LogP) is 5.08. The number of pyridine rings is 1. The monoisotopic (exact) mass is 669 g/mol. The number of thiophene rings is 1. The van der Waals surface area contributed by atoms with Crippen molar-refractivity contribution in [1.29, 1.82) is 0 Å². The maximum atomic E-state index is 13.5. The van der Waals surface area contributed by atoms with Gasteiger partial charge in [0.15, 0.2) is 5.82 Å². The van der Waals surface area contributed by atoms with Crippen LogP contribution in [-0.2, 0) is 4.79 Å². The molecular weight excluding hydrogens is 634 g/mol. The Morgan fingerprint density at radius 2 is 1.87 bits per heavy atom. The van der Waals surface area contributed by atoms with Crippen LogP contribution < -0.4 is 10.6 Å². The maximum Gasteiger partial charge on any atom is 0.267 e. The highest BCUT2D eigenvalue weighted by molar-refractivity contribution is 7.15. The van der Waals surface area contributed by atoms with Crippen molar-refractivity contribution in [2.45, 2.75) is 52.1 Å². The van der Waals surface area contributed by atoms with Crippen molar-refractivity contribution in [3.05, 3.63) is 92.7 Å². The van der Waals surface area contributed by atoms with E-state index >= 15 is 0 Å². The summed E-state index contributed by atoms with van der Waals surface area (Å²) in [4.78, 5) is 42.2. The summed E-state index contributed by atoms with van der Waals surface area (Å²) in [6.07, 6.45) is 5.28. The van der Waals surface area contributed by atoms with Gasteiger partial charge in [-0.3, -0.25) is 24.1 Å². The van der Waals surface area contributed by atoms with Crippen LogP contribution in [0.15, 0.2) is 53.8 Å². The minimum absolute atomic E-state index is 0.0567. The lowest BCUT2D eigenvalue weighted by molar-refractivity contribution is -0.122. The van der Waals surface area contributed by atoms with Crippen molar-refractivity contribution >= 4 is 51.4 Å². The molecule has 0 bridgehead atoms. The van der Waals surface area contributed by atoms with Gasteiger partial charge in [0.2, 0.25) is 5.91 Å². The summed E-state index contributed by atoms with van der Waals surface area (Å²) >= 11 is 7.92. The first-order valence-corrected chi connectivity index (χ1v) is 17.0. The number of amides is 2. The Labute approximate surface area is 281 Å². The normalized spacial score (nSPS) is 16.8. The van der Waals surface area contributed by atoms with Gasteiger partial charge in [0.05, 0.1) is 12.1 Å². The minimum atomic E-state index is -0.501. The van der Waals surface area contributed by atoms with Gasteiger partial charge in [-0.1, -0.05) is 23.7 Å². The lowest BCUT2D eigenvalue weighted by atomic mass is 9.99. The number of aromatic nitrogens is 5. The Kier molecular flexibility index (Phi) is 8.65. The van der Waals surface area contributed by atoms with Gasteiger partial charge in [-0.05, 0) is 63.4 Å². The minimum Gasteiger partial charge on any atom is -0.353 e. The Morgan fingerprint density at radius 1 is 1.09 bits per heavy atom. The molecule has 1 aromatic carbocycles. The van der Waals surface area contributed by atoms with E-state index in [4.69, 9.17) is 16.6 Å². The van der Waals surface area contributed by atoms with E-state index in [0.717, 1.165) is 76.6 Å². The number of halogens is 1. The predicted molar refractivity (Wildman–Crippen MR) is 184 cm³/mol. The molecule has 2 aliphatic rings. The zero-order chi connectivity index (χ0) is 32.7. The van der Waals surface area contributed by atoms with E-state index in [-0.39, 0.29) is 24.3 Å². The Hall–Kier alpha value is -4.39. The first-order chi connectivity index (χ1) is 22.7. The summed E-state index contributed by atoms with van der Waals surface area (Å²) < 4.78 is 2.07. The highest BCUT2D eigenvalue weighted by Gasteiger charge is 2.33. The van der Waals surface area contributed by atoms with Crippen LogP contribution in [0.5, 0.6) is 0 Å². The number of carbonyl (C=O) groups excluding carboxylic acids is 2. The Morgan fingerprint density at radius 3 is 2.64 bits per heavy atom. The fourth-order valence-corrected chi connectivity index (χ4v) is 7.75. The molecule has 7 rings (SSSR count). The molecule has 47 heavy (non-hydrogen) atoms. The molecule has 3 N–H and O–H groups in total. The van der Waals surface area contributed by atoms with E-state index in [1.165, 1.54) is 4.88 Å². The van der Waals surface area contributed by atoms with Crippen LogP contribution in [-0.4, -0.2) is 79.4 Å². The van der Waals surface area contributed by atoms with E-state index in [1.54, 1.807) is 23.7 Å². The van der Waals surface area contributed by atoms with Crippen molar-refractivity contribution in [2.75, 3.05) is 26.2 Å². The lowest BCUT2D eigenvalue weighted by Gasteiger charge is -2.32. The van der Waals surface area contributed by atoms with Crippen LogP contribution in [0.25, 0.3) is 15.9 Å². The summed E-state index contributed by atoms with van der Waals surface area (Å²) in [5.41, 5.74) is 5.40. The van der Waals surface area contributed by atoms with Gasteiger partial charge in [-0.15, -0.1) is 21.5 Å². The molecule has 13 heteroatoms. The molecule has 0 aliphatic carbocycles. The van der Waals surface area contributed by atoms with Gasteiger partial charge < -0.3 is 20.5 Å². The van der Waals surface area contributed by atoms with Crippen LogP contribution in [0, 0.1) is 20.8 Å². The summed E-state index contributed by atoms with van der Waals surface area (Å²) in [5.74, 6) is 1.25. The van der Waals surface area contributed by atoms with Crippen molar-refractivity contribution in [1.82, 2.24) is 40.3 Å². The number of carbonyl (C=O) groups is 2. The summed E-state index contributed by atoms with van der Waals surface area (Å²) in [6.45, 7) is 9.14. The maximum absolute atomic E-state index is 13.5. The Bertz CT molecular complexity index is 1950. The third kappa shape index (κ3) is 6.32. The molecule has 1 saturated heterocycles. The van der Waals surface area contributed by atoms with Crippen LogP contribution in [0.3, 0.4) is 0 Å². The zero-order valence-corrected chi connectivity index (χ0v) is 28.1. The standard InChI is InChI=1S/C34H36ClN9O2S/c1-19-20(2)47-34-30(19)31(22-4-6-24(35)7-5-22)40-27(32-42-41-21(3)44(32)34)17-29(45)38-25-9-13-43(14-10-25)15-12-37-33(46)28-16-23-18-36-11-8-26(23)39-28/h4-8,11,16,18,25,27,39H,9-10,12-15,17H2,1-3H3,(H,37,46)(H,38,45)/t27-/m0/s1. The smallest absolute Gasteiger partial charge is 0.267 e. The summed E-state index contributed by atoms with van der Waals surface area (Å²) in [7, 11) is 0. The first kappa shape index (κ1) is 31.2. The number of piperidine rings is 1. The SMILES string of the molecule is Cc1sc2c(c1C)C(c1ccc(Cl)cc1)=N[C@@H](CC(=O)NC1CCN(CCNC(=O)c3cc4cnccc4[nH]3)CC1)c1nnc(C)n1-2. The zero-order valence-electron chi connectivity index (χ0n) is 26.5. The first-order valence-electron chi connectivity index (χ1n) is 15.8. The van der Waals surface area contributed by atoms with Gasteiger partial charge in [0, 0.05) is 76.5 Å². The number of hydrogen-bond donors (Lipinski definition) is 3. The second-order valence-corrected chi connectivity index (χ2v) is 13.8. The largest absolute Gasteiger partial charge is 0.353 e. The van der Waals surface area contributed by atoms with Crippen LogP contribution in [0.1, 0.15) is 69.0 Å². The molecule has 2 amide bonds. The van der Waals surface area contributed by atoms with E-state index < -0.39 is 6.04 Å². The number of rotatable bonds is 8. The quantitative estimate of drug-likeness (QED) is 0.211. The molecule has 5 aromatic rings. The molecular formula is C34H36ClN9O2S. The molecule has 6 heterocycles. The number of aliphatic imine (C=N–C) groups is 1. The topological polar surface area (TPSA) is 133 Å². The summed E-state index contributed by atoms with van der Waals surface area (Å²) in [5, 5.41) is 17.8. The fraction of sp³-hybridized carbons (Fsp3) is 0.353. The van der Waals surface area contributed by atoms with Crippen LogP contribution in [0.2, 0.25) is 5.02 Å². The van der Waals surface area contributed by atoms with E-state index in [2.05, 4.69) is 54.1 Å². The molecule has 4 aromatic heterocycles. The molecule has 1 atom stereocenters. The van der Waals surface area contributed by atoms with E-state index in [0.29, 0.717) is 23.1 Å².